The summed E-state index contributed by atoms with van der Waals surface area (Å²) >= 11 is 11.8. The molecule has 1 amide bonds. The van der Waals surface area contributed by atoms with Crippen LogP contribution in [0.4, 0.5) is 5.69 Å². The molecule has 0 fully saturated rings. The number of non-ortho nitro benzene ring substituents is 1. The van der Waals surface area contributed by atoms with E-state index in [9.17, 15) is 14.9 Å². The highest BCUT2D eigenvalue weighted by Crippen LogP contribution is 2.32. The van der Waals surface area contributed by atoms with Gasteiger partial charge < -0.3 is 4.90 Å². The van der Waals surface area contributed by atoms with Crippen LogP contribution in [0.1, 0.15) is 30.6 Å². The van der Waals surface area contributed by atoms with Crippen molar-refractivity contribution in [1.82, 2.24) is 4.90 Å². The number of benzene rings is 1. The molecular formula is C13H13Cl2N3O3. The van der Waals surface area contributed by atoms with Crippen molar-refractivity contribution in [1.29, 1.82) is 5.26 Å². The quantitative estimate of drug-likeness (QED) is 0.609. The minimum absolute atomic E-state index is 0.0325. The fraction of sp³-hybridized carbons (Fsp3) is 0.385. The topological polar surface area (TPSA) is 87.2 Å². The van der Waals surface area contributed by atoms with Crippen molar-refractivity contribution in [2.24, 2.45) is 0 Å². The summed E-state index contributed by atoms with van der Waals surface area (Å²) in [4.78, 5) is 24.1. The average Bonchev–Trinajstić information content (AvgIpc) is 2.41. The number of hydrogen-bond acceptors (Lipinski definition) is 4. The lowest BCUT2D eigenvalue weighted by Gasteiger charge is -2.26. The van der Waals surface area contributed by atoms with E-state index in [0.717, 1.165) is 12.1 Å². The van der Waals surface area contributed by atoms with Gasteiger partial charge in [-0.3, -0.25) is 14.9 Å². The van der Waals surface area contributed by atoms with Gasteiger partial charge in [0, 0.05) is 24.7 Å². The van der Waals surface area contributed by atoms with Crippen LogP contribution in [0.5, 0.6) is 0 Å². The van der Waals surface area contributed by atoms with Gasteiger partial charge in [0.1, 0.15) is 0 Å². The van der Waals surface area contributed by atoms with Crippen molar-refractivity contribution in [2.45, 2.75) is 26.3 Å². The van der Waals surface area contributed by atoms with Crippen LogP contribution in [-0.4, -0.2) is 28.3 Å². The van der Waals surface area contributed by atoms with Gasteiger partial charge in [0.15, 0.2) is 0 Å². The zero-order valence-corrected chi connectivity index (χ0v) is 13.0. The molecule has 0 aliphatic rings. The van der Waals surface area contributed by atoms with Crippen molar-refractivity contribution < 1.29 is 9.72 Å². The van der Waals surface area contributed by atoms with Crippen molar-refractivity contribution in [3.63, 3.8) is 0 Å². The van der Waals surface area contributed by atoms with E-state index in [1.165, 1.54) is 4.90 Å². The van der Waals surface area contributed by atoms with Crippen LogP contribution < -0.4 is 0 Å². The monoisotopic (exact) mass is 329 g/mol. The first-order valence-electron chi connectivity index (χ1n) is 6.11. The average molecular weight is 330 g/mol. The van der Waals surface area contributed by atoms with E-state index in [0.29, 0.717) is 0 Å². The number of carbonyl (C=O) groups excluding carboxylic acids is 1. The Bertz CT molecular complexity index is 611. The lowest BCUT2D eigenvalue weighted by molar-refractivity contribution is -0.384. The Balaban J connectivity index is 3.27. The lowest BCUT2D eigenvalue weighted by atomic mass is 10.1. The van der Waals surface area contributed by atoms with Gasteiger partial charge in [0.25, 0.3) is 11.6 Å². The highest BCUT2D eigenvalue weighted by atomic mass is 35.5. The highest BCUT2D eigenvalue weighted by Gasteiger charge is 2.25. The van der Waals surface area contributed by atoms with Crippen molar-refractivity contribution in [3.8, 4) is 6.07 Å². The van der Waals surface area contributed by atoms with Crippen LogP contribution in [0, 0.1) is 21.4 Å². The first-order chi connectivity index (χ1) is 9.79. The highest BCUT2D eigenvalue weighted by molar-refractivity contribution is 6.44. The molecule has 21 heavy (non-hydrogen) atoms. The van der Waals surface area contributed by atoms with Gasteiger partial charge in [-0.1, -0.05) is 23.2 Å². The van der Waals surface area contributed by atoms with Gasteiger partial charge in [0.05, 0.1) is 33.0 Å². The molecule has 0 aromatic heterocycles. The maximum Gasteiger partial charge on any atom is 0.271 e. The third kappa shape index (κ3) is 4.06. The minimum Gasteiger partial charge on any atom is -0.335 e. The van der Waals surface area contributed by atoms with Crippen LogP contribution in [0.2, 0.25) is 10.0 Å². The summed E-state index contributed by atoms with van der Waals surface area (Å²) in [6, 6.07) is 3.96. The van der Waals surface area contributed by atoms with E-state index in [1.807, 2.05) is 6.07 Å². The van der Waals surface area contributed by atoms with Crippen LogP contribution in [0.25, 0.3) is 0 Å². The third-order valence-electron chi connectivity index (χ3n) is 2.80. The summed E-state index contributed by atoms with van der Waals surface area (Å²) in [6.07, 6.45) is 0.157. The maximum absolute atomic E-state index is 12.5. The molecule has 0 bridgehead atoms. The largest absolute Gasteiger partial charge is 0.335 e. The number of hydrogen-bond donors (Lipinski definition) is 0. The lowest BCUT2D eigenvalue weighted by Crippen LogP contribution is -2.37. The number of amides is 1. The van der Waals surface area contributed by atoms with Crippen LogP contribution in [0.15, 0.2) is 12.1 Å². The smallest absolute Gasteiger partial charge is 0.271 e. The third-order valence-corrected chi connectivity index (χ3v) is 3.60. The normalized spacial score (nSPS) is 10.3. The molecule has 1 aromatic carbocycles. The summed E-state index contributed by atoms with van der Waals surface area (Å²) < 4.78 is 0. The molecule has 0 N–H and O–H groups in total. The number of halogens is 2. The van der Waals surface area contributed by atoms with E-state index in [4.69, 9.17) is 28.5 Å². The van der Waals surface area contributed by atoms with Gasteiger partial charge in [-0.25, -0.2) is 0 Å². The molecule has 0 spiro atoms. The van der Waals surface area contributed by atoms with E-state index >= 15 is 0 Å². The number of nitro benzene ring substituents is 1. The molecule has 0 aliphatic carbocycles. The Labute approximate surface area is 132 Å². The van der Waals surface area contributed by atoms with Gasteiger partial charge in [0.2, 0.25) is 0 Å². The van der Waals surface area contributed by atoms with E-state index < -0.39 is 10.8 Å². The zero-order valence-electron chi connectivity index (χ0n) is 11.5. The predicted octanol–water partition coefficient (Wildman–Crippen LogP) is 3.67. The summed E-state index contributed by atoms with van der Waals surface area (Å²) in [6.45, 7) is 3.77. The van der Waals surface area contributed by atoms with Gasteiger partial charge in [-0.05, 0) is 13.8 Å². The molecule has 0 radical (unpaired) electrons. The van der Waals surface area contributed by atoms with Crippen molar-refractivity contribution in [2.75, 3.05) is 6.54 Å². The molecule has 0 unspecified atom stereocenters. The van der Waals surface area contributed by atoms with Crippen LogP contribution in [0.3, 0.4) is 0 Å². The molecule has 112 valence electrons. The molecule has 0 saturated heterocycles. The number of nitro groups is 1. The standard InChI is InChI=1S/C13H13Cl2N3O3/c1-8(2)17(5-3-4-16)13(19)10-6-9(18(20)21)7-11(14)12(10)15/h6-8H,3,5H2,1-2H3. The predicted molar refractivity (Wildman–Crippen MR) is 79.5 cm³/mol. The van der Waals surface area contributed by atoms with Crippen LogP contribution in [-0.2, 0) is 0 Å². The Morgan fingerprint density at radius 3 is 2.57 bits per heavy atom. The maximum atomic E-state index is 12.5. The Hall–Kier alpha value is -1.84. The second-order valence-electron chi connectivity index (χ2n) is 4.55. The molecule has 8 heteroatoms. The van der Waals surface area contributed by atoms with Gasteiger partial charge >= 0.3 is 0 Å². The molecule has 0 atom stereocenters. The molecular weight excluding hydrogens is 317 g/mol. The molecule has 0 aliphatic heterocycles. The molecule has 0 saturated carbocycles. The van der Waals surface area contributed by atoms with Gasteiger partial charge in [-0.15, -0.1) is 0 Å². The fourth-order valence-corrected chi connectivity index (χ4v) is 2.16. The second kappa shape index (κ2) is 7.25. The first-order valence-corrected chi connectivity index (χ1v) is 6.86. The minimum atomic E-state index is -0.645. The molecule has 1 rings (SSSR count). The van der Waals surface area contributed by atoms with E-state index in [-0.39, 0.29) is 40.3 Å². The fourth-order valence-electron chi connectivity index (χ4n) is 1.76. The summed E-state index contributed by atoms with van der Waals surface area (Å²) in [5, 5.41) is 19.4. The second-order valence-corrected chi connectivity index (χ2v) is 5.33. The number of rotatable bonds is 5. The SMILES string of the molecule is CC(C)N(CCC#N)C(=O)c1cc([N+](=O)[O-])cc(Cl)c1Cl. The van der Waals surface area contributed by atoms with Gasteiger partial charge in [-0.2, -0.15) is 5.26 Å². The first kappa shape index (κ1) is 17.2. The van der Waals surface area contributed by atoms with E-state index in [1.54, 1.807) is 13.8 Å². The summed E-state index contributed by atoms with van der Waals surface area (Å²) in [5.74, 6) is -0.490. The van der Waals surface area contributed by atoms with Crippen LogP contribution >= 0.6 is 23.2 Å². The summed E-state index contributed by atoms with van der Waals surface area (Å²) in [7, 11) is 0. The summed E-state index contributed by atoms with van der Waals surface area (Å²) in [5.41, 5.74) is -0.348. The number of carbonyl (C=O) groups is 1. The van der Waals surface area contributed by atoms with Crippen molar-refractivity contribution >= 4 is 34.8 Å². The number of nitriles is 1. The molecule has 0 heterocycles. The Kier molecular flexibility index (Phi) is 5.94. The molecule has 1 aromatic rings. The Morgan fingerprint density at radius 2 is 2.10 bits per heavy atom. The Morgan fingerprint density at radius 1 is 1.48 bits per heavy atom. The number of nitrogens with zero attached hydrogens (tertiary/aromatic N) is 3. The van der Waals surface area contributed by atoms with Crippen molar-refractivity contribution in [3.05, 3.63) is 37.9 Å². The zero-order chi connectivity index (χ0) is 16.2. The molecule has 6 nitrogen and oxygen atoms in total. The van der Waals surface area contributed by atoms with E-state index in [2.05, 4.69) is 0 Å².